The second-order valence-electron chi connectivity index (χ2n) is 5.20. The molecule has 1 N–H and O–H groups in total. The molecular formula is C14H19NO. The third kappa shape index (κ3) is 1.82. The van der Waals surface area contributed by atoms with E-state index in [1.165, 1.54) is 36.9 Å². The van der Waals surface area contributed by atoms with Crippen molar-refractivity contribution in [1.82, 2.24) is 4.90 Å². The summed E-state index contributed by atoms with van der Waals surface area (Å²) in [4.78, 5) is 2.55. The van der Waals surface area contributed by atoms with Gasteiger partial charge in [0.1, 0.15) is 5.75 Å². The van der Waals surface area contributed by atoms with Gasteiger partial charge in [-0.2, -0.15) is 0 Å². The van der Waals surface area contributed by atoms with Crippen LogP contribution in [0.1, 0.15) is 30.4 Å². The highest BCUT2D eigenvalue weighted by atomic mass is 16.3. The first-order valence-electron chi connectivity index (χ1n) is 6.35. The van der Waals surface area contributed by atoms with Crippen molar-refractivity contribution in [2.75, 3.05) is 13.1 Å². The molecule has 0 bridgehead atoms. The highest BCUT2D eigenvalue weighted by molar-refractivity contribution is 5.40. The van der Waals surface area contributed by atoms with Crippen LogP contribution in [0.4, 0.5) is 0 Å². The minimum absolute atomic E-state index is 0.487. The number of phenolic OH excluding ortho intramolecular Hbond substituents is 1. The van der Waals surface area contributed by atoms with E-state index in [1.807, 2.05) is 6.07 Å². The maximum atomic E-state index is 9.76. The Bertz CT molecular complexity index is 384. The highest BCUT2D eigenvalue weighted by Crippen LogP contribution is 2.31. The second-order valence-corrected chi connectivity index (χ2v) is 5.20. The van der Waals surface area contributed by atoms with E-state index in [2.05, 4.69) is 11.0 Å². The Labute approximate surface area is 96.9 Å². The second kappa shape index (κ2) is 4.10. The number of phenols is 1. The molecule has 0 aromatic heterocycles. The molecule has 3 rings (SSSR count). The Morgan fingerprint density at radius 3 is 2.94 bits per heavy atom. The number of hydrogen-bond acceptors (Lipinski definition) is 2. The molecule has 2 heteroatoms. The van der Waals surface area contributed by atoms with Crippen LogP contribution >= 0.6 is 0 Å². The van der Waals surface area contributed by atoms with Crippen LogP contribution in [-0.2, 0) is 13.0 Å². The summed E-state index contributed by atoms with van der Waals surface area (Å²) in [7, 11) is 0. The molecular weight excluding hydrogens is 198 g/mol. The summed E-state index contributed by atoms with van der Waals surface area (Å²) in [5.41, 5.74) is 2.50. The molecule has 1 aliphatic heterocycles. The van der Waals surface area contributed by atoms with Gasteiger partial charge in [0.15, 0.2) is 0 Å². The molecule has 1 fully saturated rings. The monoisotopic (exact) mass is 217 g/mol. The summed E-state index contributed by atoms with van der Waals surface area (Å²) in [6.45, 7) is 3.40. The van der Waals surface area contributed by atoms with Crippen LogP contribution in [0, 0.1) is 5.92 Å². The van der Waals surface area contributed by atoms with Gasteiger partial charge in [-0.1, -0.05) is 18.6 Å². The standard InChI is InChI=1S/C14H19NO/c16-14-6-2-5-12-10-15(8-7-13(12)14)9-11-3-1-4-11/h2,5-6,11,16H,1,3-4,7-10H2. The minimum Gasteiger partial charge on any atom is -0.508 e. The number of rotatable bonds is 2. The summed E-state index contributed by atoms with van der Waals surface area (Å²) in [5.74, 6) is 1.43. The van der Waals surface area contributed by atoms with E-state index in [9.17, 15) is 5.11 Å². The fourth-order valence-corrected chi connectivity index (χ4v) is 2.84. The lowest BCUT2D eigenvalue weighted by molar-refractivity contribution is 0.165. The van der Waals surface area contributed by atoms with Crippen molar-refractivity contribution >= 4 is 0 Å². The van der Waals surface area contributed by atoms with Crippen molar-refractivity contribution in [3.05, 3.63) is 29.3 Å². The summed E-state index contributed by atoms with van der Waals surface area (Å²) in [6, 6.07) is 5.92. The first kappa shape index (κ1) is 10.2. The van der Waals surface area contributed by atoms with Crippen molar-refractivity contribution in [2.45, 2.75) is 32.2 Å². The minimum atomic E-state index is 0.487. The highest BCUT2D eigenvalue weighted by Gasteiger charge is 2.24. The summed E-state index contributed by atoms with van der Waals surface area (Å²) >= 11 is 0. The lowest BCUT2D eigenvalue weighted by Gasteiger charge is -2.35. The zero-order valence-electron chi connectivity index (χ0n) is 9.65. The van der Waals surface area contributed by atoms with E-state index in [0.717, 1.165) is 25.4 Å². The van der Waals surface area contributed by atoms with Gasteiger partial charge in [-0.25, -0.2) is 0 Å². The number of aromatic hydroxyl groups is 1. The molecule has 0 spiro atoms. The molecule has 1 heterocycles. The lowest BCUT2D eigenvalue weighted by Crippen LogP contribution is -2.36. The average molecular weight is 217 g/mol. The molecule has 86 valence electrons. The van der Waals surface area contributed by atoms with Crippen LogP contribution in [0.3, 0.4) is 0 Å². The third-order valence-corrected chi connectivity index (χ3v) is 4.06. The Morgan fingerprint density at radius 1 is 1.31 bits per heavy atom. The molecule has 0 unspecified atom stereocenters. The number of benzene rings is 1. The fourth-order valence-electron chi connectivity index (χ4n) is 2.84. The van der Waals surface area contributed by atoms with Crippen LogP contribution in [0.5, 0.6) is 5.75 Å². The maximum Gasteiger partial charge on any atom is 0.119 e. The van der Waals surface area contributed by atoms with Crippen LogP contribution < -0.4 is 0 Å². The van der Waals surface area contributed by atoms with Gasteiger partial charge in [0, 0.05) is 19.6 Å². The van der Waals surface area contributed by atoms with Crippen molar-refractivity contribution in [3.63, 3.8) is 0 Å². The predicted molar refractivity (Wildman–Crippen MR) is 64.4 cm³/mol. The molecule has 0 atom stereocenters. The van der Waals surface area contributed by atoms with Gasteiger partial charge in [-0.05, 0) is 42.4 Å². The third-order valence-electron chi connectivity index (χ3n) is 4.06. The van der Waals surface area contributed by atoms with Gasteiger partial charge < -0.3 is 5.11 Å². The molecule has 0 saturated heterocycles. The van der Waals surface area contributed by atoms with Crippen molar-refractivity contribution in [2.24, 2.45) is 5.92 Å². The molecule has 2 nitrogen and oxygen atoms in total. The Hall–Kier alpha value is -1.02. The quantitative estimate of drug-likeness (QED) is 0.823. The summed E-state index contributed by atoms with van der Waals surface area (Å²) in [5, 5.41) is 9.76. The van der Waals surface area contributed by atoms with Crippen LogP contribution in [0.2, 0.25) is 0 Å². The number of nitrogens with zero attached hydrogens (tertiary/aromatic N) is 1. The Balaban J connectivity index is 1.70. The van der Waals surface area contributed by atoms with E-state index < -0.39 is 0 Å². The van der Waals surface area contributed by atoms with Crippen molar-refractivity contribution in [3.8, 4) is 5.75 Å². The summed E-state index contributed by atoms with van der Waals surface area (Å²) < 4.78 is 0. The Kier molecular flexibility index (Phi) is 2.60. The average Bonchev–Trinajstić information content (AvgIpc) is 2.24. The largest absolute Gasteiger partial charge is 0.508 e. The Morgan fingerprint density at radius 2 is 2.19 bits per heavy atom. The van der Waals surface area contributed by atoms with Crippen molar-refractivity contribution in [1.29, 1.82) is 0 Å². The first-order valence-corrected chi connectivity index (χ1v) is 6.35. The lowest BCUT2D eigenvalue weighted by atomic mass is 9.84. The normalized spacial score (nSPS) is 21.5. The zero-order valence-corrected chi connectivity index (χ0v) is 9.65. The van der Waals surface area contributed by atoms with Gasteiger partial charge in [0.05, 0.1) is 0 Å². The van der Waals surface area contributed by atoms with E-state index in [-0.39, 0.29) is 0 Å². The molecule has 16 heavy (non-hydrogen) atoms. The molecule has 1 aromatic carbocycles. The molecule has 0 amide bonds. The molecule has 2 aliphatic rings. The molecule has 1 aromatic rings. The fraction of sp³-hybridized carbons (Fsp3) is 0.571. The van der Waals surface area contributed by atoms with E-state index in [1.54, 1.807) is 6.07 Å². The van der Waals surface area contributed by atoms with E-state index >= 15 is 0 Å². The van der Waals surface area contributed by atoms with Crippen LogP contribution in [0.25, 0.3) is 0 Å². The van der Waals surface area contributed by atoms with Gasteiger partial charge in [0.2, 0.25) is 0 Å². The topological polar surface area (TPSA) is 23.5 Å². The smallest absolute Gasteiger partial charge is 0.119 e. The SMILES string of the molecule is Oc1cccc2c1CCN(CC1CCC1)C2. The van der Waals surface area contributed by atoms with Gasteiger partial charge in [0.25, 0.3) is 0 Å². The summed E-state index contributed by atoms with van der Waals surface area (Å²) in [6.07, 6.45) is 5.28. The van der Waals surface area contributed by atoms with Crippen LogP contribution in [-0.4, -0.2) is 23.1 Å². The zero-order chi connectivity index (χ0) is 11.0. The van der Waals surface area contributed by atoms with Gasteiger partial charge >= 0.3 is 0 Å². The number of hydrogen-bond donors (Lipinski definition) is 1. The van der Waals surface area contributed by atoms with Crippen molar-refractivity contribution < 1.29 is 5.11 Å². The van der Waals surface area contributed by atoms with Crippen LogP contribution in [0.15, 0.2) is 18.2 Å². The predicted octanol–water partition coefficient (Wildman–Crippen LogP) is 2.55. The molecule has 1 saturated carbocycles. The first-order chi connectivity index (χ1) is 7.83. The molecule has 0 radical (unpaired) electrons. The molecule has 1 aliphatic carbocycles. The van der Waals surface area contributed by atoms with Gasteiger partial charge in [-0.3, -0.25) is 4.90 Å². The van der Waals surface area contributed by atoms with E-state index in [4.69, 9.17) is 0 Å². The van der Waals surface area contributed by atoms with Gasteiger partial charge in [-0.15, -0.1) is 0 Å². The van der Waals surface area contributed by atoms with E-state index in [0.29, 0.717) is 5.75 Å². The maximum absolute atomic E-state index is 9.76. The number of fused-ring (bicyclic) bond motifs is 1.